The fourth-order valence-corrected chi connectivity index (χ4v) is 1.52. The van der Waals surface area contributed by atoms with Gasteiger partial charge in [-0.2, -0.15) is 0 Å². The van der Waals surface area contributed by atoms with E-state index in [0.717, 1.165) is 12.3 Å². The standard InChI is InChI=1S/C14H21NO3/c1-4-15(11-14(16)17-3)9-10-18-13-7-5-12(2)6-8-13/h5-8H,4,9-11H2,1-3H3. The van der Waals surface area contributed by atoms with Gasteiger partial charge in [0.1, 0.15) is 12.4 Å². The van der Waals surface area contributed by atoms with E-state index in [9.17, 15) is 4.79 Å². The van der Waals surface area contributed by atoms with Crippen LogP contribution >= 0.6 is 0 Å². The molecular weight excluding hydrogens is 230 g/mol. The second-order valence-electron chi connectivity index (χ2n) is 4.11. The Kier molecular flexibility index (Phi) is 6.22. The number of hydrogen-bond donors (Lipinski definition) is 0. The van der Waals surface area contributed by atoms with Crippen LogP contribution in [0.2, 0.25) is 0 Å². The summed E-state index contributed by atoms with van der Waals surface area (Å²) < 4.78 is 10.3. The largest absolute Gasteiger partial charge is 0.492 e. The van der Waals surface area contributed by atoms with Crippen molar-refractivity contribution in [3.63, 3.8) is 0 Å². The Morgan fingerprint density at radius 3 is 2.50 bits per heavy atom. The fraction of sp³-hybridized carbons (Fsp3) is 0.500. The maximum Gasteiger partial charge on any atom is 0.319 e. The number of aryl methyl sites for hydroxylation is 1. The lowest BCUT2D eigenvalue weighted by Gasteiger charge is -2.18. The fourth-order valence-electron chi connectivity index (χ4n) is 1.52. The minimum atomic E-state index is -0.216. The predicted molar refractivity (Wildman–Crippen MR) is 70.8 cm³/mol. The van der Waals surface area contributed by atoms with Gasteiger partial charge in [0, 0.05) is 6.54 Å². The molecule has 0 atom stereocenters. The van der Waals surface area contributed by atoms with Crippen LogP contribution in [0.4, 0.5) is 0 Å². The van der Waals surface area contributed by atoms with Crippen LogP contribution in [0.5, 0.6) is 5.75 Å². The molecule has 0 saturated heterocycles. The third kappa shape index (κ3) is 5.19. The number of hydrogen-bond acceptors (Lipinski definition) is 4. The van der Waals surface area contributed by atoms with E-state index < -0.39 is 0 Å². The molecule has 0 fully saturated rings. The Balaban J connectivity index is 2.30. The smallest absolute Gasteiger partial charge is 0.319 e. The third-order valence-electron chi connectivity index (χ3n) is 2.72. The Morgan fingerprint density at radius 1 is 1.28 bits per heavy atom. The van der Waals surface area contributed by atoms with Crippen molar-refractivity contribution >= 4 is 5.97 Å². The molecule has 1 aromatic carbocycles. The highest BCUT2D eigenvalue weighted by atomic mass is 16.5. The number of rotatable bonds is 7. The summed E-state index contributed by atoms with van der Waals surface area (Å²) >= 11 is 0. The van der Waals surface area contributed by atoms with E-state index in [4.69, 9.17) is 4.74 Å². The van der Waals surface area contributed by atoms with Gasteiger partial charge in [0.15, 0.2) is 0 Å². The van der Waals surface area contributed by atoms with Gasteiger partial charge in [-0.25, -0.2) is 0 Å². The molecule has 4 nitrogen and oxygen atoms in total. The van der Waals surface area contributed by atoms with Crippen LogP contribution in [0.15, 0.2) is 24.3 Å². The highest BCUT2D eigenvalue weighted by molar-refractivity contribution is 5.71. The number of ether oxygens (including phenoxy) is 2. The van der Waals surface area contributed by atoms with Crippen LogP contribution in [-0.4, -0.2) is 44.2 Å². The third-order valence-corrected chi connectivity index (χ3v) is 2.72. The Bertz CT molecular complexity index is 362. The number of likely N-dealkylation sites (N-methyl/N-ethyl adjacent to an activating group) is 1. The molecule has 18 heavy (non-hydrogen) atoms. The molecule has 0 spiro atoms. The monoisotopic (exact) mass is 251 g/mol. The average molecular weight is 251 g/mol. The van der Waals surface area contributed by atoms with E-state index in [1.54, 1.807) is 0 Å². The molecule has 0 N–H and O–H groups in total. The van der Waals surface area contributed by atoms with Crippen molar-refractivity contribution in [1.82, 2.24) is 4.90 Å². The zero-order chi connectivity index (χ0) is 13.4. The molecule has 0 amide bonds. The molecule has 0 unspecified atom stereocenters. The van der Waals surface area contributed by atoms with E-state index in [1.165, 1.54) is 12.7 Å². The van der Waals surface area contributed by atoms with Crippen molar-refractivity contribution in [2.75, 3.05) is 33.4 Å². The molecule has 0 bridgehead atoms. The highest BCUT2D eigenvalue weighted by Gasteiger charge is 2.08. The van der Waals surface area contributed by atoms with Crippen molar-refractivity contribution in [1.29, 1.82) is 0 Å². The number of methoxy groups -OCH3 is 1. The molecular formula is C14H21NO3. The van der Waals surface area contributed by atoms with E-state index in [2.05, 4.69) is 4.74 Å². The number of carbonyl (C=O) groups excluding carboxylic acids is 1. The lowest BCUT2D eigenvalue weighted by Crippen LogP contribution is -2.33. The van der Waals surface area contributed by atoms with Gasteiger partial charge in [0.25, 0.3) is 0 Å². The van der Waals surface area contributed by atoms with Gasteiger partial charge in [-0.05, 0) is 25.6 Å². The summed E-state index contributed by atoms with van der Waals surface area (Å²) in [6.45, 7) is 6.43. The zero-order valence-corrected chi connectivity index (χ0v) is 11.3. The van der Waals surface area contributed by atoms with Crippen LogP contribution in [0.3, 0.4) is 0 Å². The first-order valence-electron chi connectivity index (χ1n) is 6.14. The van der Waals surface area contributed by atoms with E-state index in [0.29, 0.717) is 19.7 Å². The molecule has 1 aromatic rings. The van der Waals surface area contributed by atoms with Gasteiger partial charge in [-0.3, -0.25) is 9.69 Å². The van der Waals surface area contributed by atoms with Gasteiger partial charge >= 0.3 is 5.97 Å². The van der Waals surface area contributed by atoms with Crippen molar-refractivity contribution in [2.45, 2.75) is 13.8 Å². The minimum absolute atomic E-state index is 0.216. The summed E-state index contributed by atoms with van der Waals surface area (Å²) in [6, 6.07) is 7.93. The SMILES string of the molecule is CCN(CCOc1ccc(C)cc1)CC(=O)OC. The Labute approximate surface area is 108 Å². The first-order valence-corrected chi connectivity index (χ1v) is 6.14. The Hall–Kier alpha value is -1.55. The molecule has 0 saturated carbocycles. The van der Waals surface area contributed by atoms with Crippen LogP contribution < -0.4 is 4.74 Å². The lowest BCUT2D eigenvalue weighted by atomic mass is 10.2. The molecule has 0 heterocycles. The number of carbonyl (C=O) groups is 1. The summed E-state index contributed by atoms with van der Waals surface area (Å²) in [5.74, 6) is 0.641. The topological polar surface area (TPSA) is 38.8 Å². The molecule has 0 radical (unpaired) electrons. The van der Waals surface area contributed by atoms with Crippen molar-refractivity contribution in [2.24, 2.45) is 0 Å². The van der Waals surface area contributed by atoms with Crippen LogP contribution in [0.1, 0.15) is 12.5 Å². The van der Waals surface area contributed by atoms with E-state index in [1.807, 2.05) is 43.0 Å². The molecule has 0 aliphatic carbocycles. The number of benzene rings is 1. The molecule has 0 aliphatic heterocycles. The number of esters is 1. The van der Waals surface area contributed by atoms with Gasteiger partial charge in [0.05, 0.1) is 13.7 Å². The first kappa shape index (κ1) is 14.5. The second-order valence-corrected chi connectivity index (χ2v) is 4.11. The number of nitrogens with zero attached hydrogens (tertiary/aromatic N) is 1. The Morgan fingerprint density at radius 2 is 1.94 bits per heavy atom. The summed E-state index contributed by atoms with van der Waals surface area (Å²) in [5.41, 5.74) is 1.21. The summed E-state index contributed by atoms with van der Waals surface area (Å²) in [6.07, 6.45) is 0. The minimum Gasteiger partial charge on any atom is -0.492 e. The van der Waals surface area contributed by atoms with Crippen LogP contribution in [0, 0.1) is 6.92 Å². The molecule has 0 aliphatic rings. The summed E-state index contributed by atoms with van der Waals surface area (Å²) in [5, 5.41) is 0. The summed E-state index contributed by atoms with van der Waals surface area (Å²) in [4.78, 5) is 13.1. The van der Waals surface area contributed by atoms with Crippen molar-refractivity contribution in [3.8, 4) is 5.75 Å². The molecule has 100 valence electrons. The van der Waals surface area contributed by atoms with Gasteiger partial charge < -0.3 is 9.47 Å². The zero-order valence-electron chi connectivity index (χ0n) is 11.3. The maximum atomic E-state index is 11.1. The van der Waals surface area contributed by atoms with Crippen molar-refractivity contribution < 1.29 is 14.3 Å². The van der Waals surface area contributed by atoms with E-state index >= 15 is 0 Å². The molecule has 0 aromatic heterocycles. The van der Waals surface area contributed by atoms with E-state index in [-0.39, 0.29) is 5.97 Å². The van der Waals surface area contributed by atoms with Crippen molar-refractivity contribution in [3.05, 3.63) is 29.8 Å². The average Bonchev–Trinajstić information content (AvgIpc) is 2.39. The second kappa shape index (κ2) is 7.71. The van der Waals surface area contributed by atoms with Gasteiger partial charge in [0.2, 0.25) is 0 Å². The van der Waals surface area contributed by atoms with Gasteiger partial charge in [-0.1, -0.05) is 24.6 Å². The molecule has 4 heteroatoms. The predicted octanol–water partition coefficient (Wildman–Crippen LogP) is 1.87. The quantitative estimate of drug-likeness (QED) is 0.693. The highest BCUT2D eigenvalue weighted by Crippen LogP contribution is 2.11. The maximum absolute atomic E-state index is 11.1. The van der Waals surface area contributed by atoms with Crippen LogP contribution in [0.25, 0.3) is 0 Å². The lowest BCUT2D eigenvalue weighted by molar-refractivity contribution is -0.141. The first-order chi connectivity index (χ1) is 8.65. The van der Waals surface area contributed by atoms with Gasteiger partial charge in [-0.15, -0.1) is 0 Å². The molecule has 1 rings (SSSR count). The van der Waals surface area contributed by atoms with Crippen LogP contribution in [-0.2, 0) is 9.53 Å². The normalized spacial score (nSPS) is 10.4. The summed E-state index contributed by atoms with van der Waals surface area (Å²) in [7, 11) is 1.40.